The van der Waals surface area contributed by atoms with Crippen LogP contribution in [0.25, 0.3) is 0 Å². The summed E-state index contributed by atoms with van der Waals surface area (Å²) in [4.78, 5) is 4.34. The highest BCUT2D eigenvalue weighted by atomic mass is 32.1. The van der Waals surface area contributed by atoms with Crippen LogP contribution in [-0.2, 0) is 13.0 Å². The summed E-state index contributed by atoms with van der Waals surface area (Å²) in [6.07, 6.45) is 0.362. The largest absolute Gasteiger partial charge is 0.486 e. The van der Waals surface area contributed by atoms with Gasteiger partial charge in [0.05, 0.1) is 6.10 Å². The van der Waals surface area contributed by atoms with E-state index in [0.29, 0.717) is 13.0 Å². The third-order valence-corrected chi connectivity index (χ3v) is 3.42. The van der Waals surface area contributed by atoms with Crippen molar-refractivity contribution in [3.63, 3.8) is 0 Å². The minimum absolute atomic E-state index is 0.310. The average molecular weight is 263 g/mol. The van der Waals surface area contributed by atoms with Crippen molar-refractivity contribution in [2.24, 2.45) is 0 Å². The number of benzene rings is 1. The van der Waals surface area contributed by atoms with Crippen LogP contribution in [0.15, 0.2) is 29.6 Å². The first kappa shape index (κ1) is 13.1. The molecular formula is C14H17NO2S. The van der Waals surface area contributed by atoms with E-state index in [1.54, 1.807) is 18.3 Å². The lowest BCUT2D eigenvalue weighted by Gasteiger charge is -2.07. The third kappa shape index (κ3) is 3.82. The van der Waals surface area contributed by atoms with Crippen LogP contribution >= 0.6 is 11.3 Å². The van der Waals surface area contributed by atoms with Crippen LogP contribution in [-0.4, -0.2) is 16.2 Å². The molecule has 1 atom stereocenters. The van der Waals surface area contributed by atoms with Crippen molar-refractivity contribution in [2.45, 2.75) is 33.0 Å². The molecule has 0 amide bonds. The zero-order valence-corrected chi connectivity index (χ0v) is 11.4. The first-order chi connectivity index (χ1) is 8.63. The molecule has 0 bridgehead atoms. The zero-order chi connectivity index (χ0) is 13.0. The average Bonchev–Trinajstić information content (AvgIpc) is 2.74. The number of aromatic nitrogens is 1. The van der Waals surface area contributed by atoms with Gasteiger partial charge in [0.2, 0.25) is 0 Å². The predicted molar refractivity (Wildman–Crippen MR) is 73.0 cm³/mol. The van der Waals surface area contributed by atoms with Crippen LogP contribution in [0, 0.1) is 6.92 Å². The third-order valence-electron chi connectivity index (χ3n) is 2.48. The van der Waals surface area contributed by atoms with E-state index in [-0.39, 0.29) is 6.10 Å². The second-order valence-corrected chi connectivity index (χ2v) is 5.31. The maximum Gasteiger partial charge on any atom is 0.140 e. The Balaban J connectivity index is 1.90. The zero-order valence-electron chi connectivity index (χ0n) is 10.6. The minimum Gasteiger partial charge on any atom is -0.486 e. The molecule has 1 heterocycles. The molecule has 0 aliphatic heterocycles. The van der Waals surface area contributed by atoms with Crippen molar-refractivity contribution >= 4 is 11.3 Å². The number of hydrogen-bond acceptors (Lipinski definition) is 4. The van der Waals surface area contributed by atoms with E-state index in [9.17, 15) is 5.11 Å². The number of hydrogen-bond donors (Lipinski definition) is 1. The van der Waals surface area contributed by atoms with Crippen molar-refractivity contribution in [2.75, 3.05) is 0 Å². The molecule has 0 saturated heterocycles. The molecule has 4 heteroatoms. The topological polar surface area (TPSA) is 42.4 Å². The normalized spacial score (nSPS) is 12.4. The van der Waals surface area contributed by atoms with E-state index < -0.39 is 0 Å². The molecule has 2 aromatic rings. The van der Waals surface area contributed by atoms with E-state index in [4.69, 9.17) is 4.74 Å². The lowest BCUT2D eigenvalue weighted by atomic mass is 10.1. The number of thiazole rings is 1. The van der Waals surface area contributed by atoms with Crippen LogP contribution in [0.5, 0.6) is 5.75 Å². The molecule has 96 valence electrons. The smallest absolute Gasteiger partial charge is 0.140 e. The summed E-state index contributed by atoms with van der Waals surface area (Å²) >= 11 is 1.61. The van der Waals surface area contributed by atoms with E-state index in [0.717, 1.165) is 22.0 Å². The Kier molecular flexibility index (Phi) is 4.33. The lowest BCUT2D eigenvalue weighted by molar-refractivity contribution is 0.195. The van der Waals surface area contributed by atoms with E-state index in [1.165, 1.54) is 0 Å². The second-order valence-electron chi connectivity index (χ2n) is 4.37. The quantitative estimate of drug-likeness (QED) is 0.902. The monoisotopic (exact) mass is 263 g/mol. The summed E-state index contributed by atoms with van der Waals surface area (Å²) in [5.74, 6) is 0.831. The Morgan fingerprint density at radius 3 is 2.61 bits per heavy atom. The molecule has 0 radical (unpaired) electrons. The van der Waals surface area contributed by atoms with Gasteiger partial charge in [-0.05, 0) is 38.0 Å². The Labute approximate surface area is 111 Å². The molecule has 1 aromatic heterocycles. The molecule has 1 unspecified atom stereocenters. The van der Waals surface area contributed by atoms with Gasteiger partial charge in [-0.2, -0.15) is 0 Å². The van der Waals surface area contributed by atoms with Crippen molar-refractivity contribution in [1.82, 2.24) is 4.98 Å². The maximum absolute atomic E-state index is 9.29. The summed E-state index contributed by atoms with van der Waals surface area (Å²) in [7, 11) is 0. The van der Waals surface area contributed by atoms with Gasteiger partial charge in [-0.1, -0.05) is 12.1 Å². The number of aliphatic hydroxyl groups excluding tert-OH is 1. The lowest BCUT2D eigenvalue weighted by Crippen LogP contribution is -2.03. The summed E-state index contributed by atoms with van der Waals surface area (Å²) in [5.41, 5.74) is 2.15. The number of rotatable bonds is 5. The number of aliphatic hydroxyl groups is 1. The highest BCUT2D eigenvalue weighted by Crippen LogP contribution is 2.16. The molecule has 1 N–H and O–H groups in total. The highest BCUT2D eigenvalue weighted by molar-refractivity contribution is 7.09. The van der Waals surface area contributed by atoms with Gasteiger partial charge in [0.15, 0.2) is 0 Å². The number of ether oxygens (including phenoxy) is 1. The Bertz CT molecular complexity index is 491. The van der Waals surface area contributed by atoms with E-state index in [1.807, 2.05) is 36.6 Å². The SMILES string of the molecule is Cc1csc(COc2ccc(CC(C)O)cc2)n1. The van der Waals surface area contributed by atoms with Gasteiger partial charge >= 0.3 is 0 Å². The molecule has 0 aliphatic carbocycles. The van der Waals surface area contributed by atoms with Gasteiger partial charge in [0.25, 0.3) is 0 Å². The summed E-state index contributed by atoms with van der Waals surface area (Å²) in [5, 5.41) is 12.3. The Morgan fingerprint density at radius 1 is 1.33 bits per heavy atom. The van der Waals surface area contributed by atoms with Gasteiger partial charge < -0.3 is 9.84 Å². The highest BCUT2D eigenvalue weighted by Gasteiger charge is 2.02. The van der Waals surface area contributed by atoms with Gasteiger partial charge in [-0.15, -0.1) is 11.3 Å². The van der Waals surface area contributed by atoms with Crippen molar-refractivity contribution in [3.8, 4) is 5.75 Å². The maximum atomic E-state index is 9.29. The molecule has 18 heavy (non-hydrogen) atoms. The number of nitrogens with zero attached hydrogens (tertiary/aromatic N) is 1. The molecule has 2 rings (SSSR count). The van der Waals surface area contributed by atoms with E-state index >= 15 is 0 Å². The minimum atomic E-state index is -0.310. The molecule has 0 saturated carbocycles. The van der Waals surface area contributed by atoms with Crippen LogP contribution in [0.2, 0.25) is 0 Å². The van der Waals surface area contributed by atoms with Gasteiger partial charge in [-0.25, -0.2) is 4.98 Å². The van der Waals surface area contributed by atoms with Crippen molar-refractivity contribution in [1.29, 1.82) is 0 Å². The standard InChI is InChI=1S/C14H17NO2S/c1-10-9-18-14(15-10)8-17-13-5-3-12(4-6-13)7-11(2)16/h3-6,9,11,16H,7-8H2,1-2H3. The molecule has 3 nitrogen and oxygen atoms in total. The summed E-state index contributed by atoms with van der Waals surface area (Å²) in [6.45, 7) is 4.27. The van der Waals surface area contributed by atoms with Crippen molar-refractivity contribution in [3.05, 3.63) is 45.9 Å². The Hall–Kier alpha value is -1.39. The van der Waals surface area contributed by atoms with Gasteiger partial charge in [0.1, 0.15) is 17.4 Å². The molecular weight excluding hydrogens is 246 g/mol. The van der Waals surface area contributed by atoms with Crippen LogP contribution in [0.4, 0.5) is 0 Å². The molecule has 1 aromatic carbocycles. The molecule has 0 spiro atoms. The first-order valence-corrected chi connectivity index (χ1v) is 6.82. The van der Waals surface area contributed by atoms with Gasteiger partial charge in [-0.3, -0.25) is 0 Å². The summed E-state index contributed by atoms with van der Waals surface area (Å²) < 4.78 is 5.65. The van der Waals surface area contributed by atoms with Crippen LogP contribution in [0.1, 0.15) is 23.2 Å². The fourth-order valence-electron chi connectivity index (χ4n) is 1.68. The Morgan fingerprint density at radius 2 is 2.06 bits per heavy atom. The first-order valence-electron chi connectivity index (χ1n) is 5.94. The predicted octanol–water partition coefficient (Wildman–Crippen LogP) is 2.95. The van der Waals surface area contributed by atoms with Crippen molar-refractivity contribution < 1.29 is 9.84 Å². The fourth-order valence-corrected chi connectivity index (χ4v) is 2.36. The number of aryl methyl sites for hydroxylation is 1. The fraction of sp³-hybridized carbons (Fsp3) is 0.357. The second kappa shape index (κ2) is 5.98. The molecule has 0 fully saturated rings. The van der Waals surface area contributed by atoms with Crippen LogP contribution < -0.4 is 4.74 Å². The van der Waals surface area contributed by atoms with E-state index in [2.05, 4.69) is 4.98 Å². The molecule has 0 aliphatic rings. The summed E-state index contributed by atoms with van der Waals surface area (Å²) in [6, 6.07) is 7.82. The van der Waals surface area contributed by atoms with Gasteiger partial charge in [0, 0.05) is 11.1 Å². The van der Waals surface area contributed by atoms with Crippen LogP contribution in [0.3, 0.4) is 0 Å².